The number of aromatic hydroxyl groups is 1. The van der Waals surface area contributed by atoms with Crippen LogP contribution in [0.1, 0.15) is 22.3 Å². The molecule has 7 nitrogen and oxygen atoms in total. The third-order valence-corrected chi connectivity index (χ3v) is 4.69. The van der Waals surface area contributed by atoms with Crippen molar-refractivity contribution in [3.63, 3.8) is 0 Å². The highest BCUT2D eigenvalue weighted by molar-refractivity contribution is 7.99. The minimum absolute atomic E-state index is 0.00802. The van der Waals surface area contributed by atoms with E-state index in [9.17, 15) is 9.90 Å². The summed E-state index contributed by atoms with van der Waals surface area (Å²) in [5, 5.41) is 22.2. The smallest absolute Gasteiger partial charge is 0.214 e. The Kier molecular flexibility index (Phi) is 5.52. The lowest BCUT2D eigenvalue weighted by Gasteiger charge is -2.06. The number of aromatic nitrogens is 4. The lowest BCUT2D eigenvalue weighted by molar-refractivity contribution is 0.0987. The molecule has 0 unspecified atom stereocenters. The first-order valence-corrected chi connectivity index (χ1v) is 8.95. The quantitative estimate of drug-likeness (QED) is 0.505. The van der Waals surface area contributed by atoms with Crippen LogP contribution in [0, 0.1) is 6.92 Å². The van der Waals surface area contributed by atoms with E-state index in [2.05, 4.69) is 15.5 Å². The Balaban J connectivity index is 1.65. The molecule has 8 heteroatoms. The standard InChI is InChI=1S/C18H18N4O3S/c1-12-3-8-16(23)15(11-12)17(24)9-10-26-18-19-20-21-22(18)13-4-6-14(25-2)7-5-13/h3-8,11,23H,9-10H2,1-2H3. The molecule has 0 fully saturated rings. The zero-order valence-corrected chi connectivity index (χ0v) is 15.2. The van der Waals surface area contributed by atoms with Crippen molar-refractivity contribution in [2.75, 3.05) is 12.9 Å². The molecule has 1 aromatic heterocycles. The molecule has 0 spiro atoms. The predicted octanol–water partition coefficient (Wildman–Crippen LogP) is 3.05. The van der Waals surface area contributed by atoms with Crippen LogP contribution in [-0.4, -0.2) is 44.0 Å². The number of phenolic OH excluding ortho intramolecular Hbond substituents is 1. The minimum Gasteiger partial charge on any atom is -0.507 e. The molecule has 2 aromatic carbocycles. The van der Waals surface area contributed by atoms with Crippen LogP contribution in [0.15, 0.2) is 47.6 Å². The zero-order valence-electron chi connectivity index (χ0n) is 14.4. The number of tetrazole rings is 1. The number of ketones is 1. The number of carbonyl (C=O) groups is 1. The number of methoxy groups -OCH3 is 1. The molecule has 0 aliphatic carbocycles. The molecule has 0 aliphatic rings. The van der Waals surface area contributed by atoms with Crippen molar-refractivity contribution in [1.82, 2.24) is 20.2 Å². The van der Waals surface area contributed by atoms with Crippen LogP contribution in [0.2, 0.25) is 0 Å². The van der Waals surface area contributed by atoms with Gasteiger partial charge in [-0.3, -0.25) is 4.79 Å². The van der Waals surface area contributed by atoms with Crippen LogP contribution in [0.3, 0.4) is 0 Å². The molecule has 0 saturated heterocycles. The zero-order chi connectivity index (χ0) is 18.5. The second-order valence-corrected chi connectivity index (χ2v) is 6.68. The molecule has 3 rings (SSSR count). The number of hydrogen-bond donors (Lipinski definition) is 1. The molecule has 1 N–H and O–H groups in total. The Bertz CT molecular complexity index is 909. The Labute approximate surface area is 155 Å². The second-order valence-electron chi connectivity index (χ2n) is 5.61. The highest BCUT2D eigenvalue weighted by Gasteiger charge is 2.14. The fraction of sp³-hybridized carbons (Fsp3) is 0.222. The summed E-state index contributed by atoms with van der Waals surface area (Å²) in [5.41, 5.74) is 2.09. The predicted molar refractivity (Wildman–Crippen MR) is 98.2 cm³/mol. The van der Waals surface area contributed by atoms with Crippen LogP contribution in [0.4, 0.5) is 0 Å². The van der Waals surface area contributed by atoms with Gasteiger partial charge >= 0.3 is 0 Å². The topological polar surface area (TPSA) is 90.1 Å². The number of phenols is 1. The van der Waals surface area contributed by atoms with Crippen LogP contribution in [-0.2, 0) is 0 Å². The maximum absolute atomic E-state index is 12.3. The number of aryl methyl sites for hydroxylation is 1. The van der Waals surface area contributed by atoms with Gasteiger partial charge in [0, 0.05) is 12.2 Å². The average molecular weight is 370 g/mol. The Morgan fingerprint density at radius 3 is 2.73 bits per heavy atom. The number of nitrogens with zero attached hydrogens (tertiary/aromatic N) is 4. The number of hydrogen-bond acceptors (Lipinski definition) is 7. The fourth-order valence-corrected chi connectivity index (χ4v) is 3.23. The van der Waals surface area contributed by atoms with E-state index < -0.39 is 0 Å². The lowest BCUT2D eigenvalue weighted by atomic mass is 10.1. The van der Waals surface area contributed by atoms with E-state index in [-0.39, 0.29) is 18.0 Å². The fourth-order valence-electron chi connectivity index (χ4n) is 2.40. The number of ether oxygens (including phenoxy) is 1. The van der Waals surface area contributed by atoms with Crippen molar-refractivity contribution in [3.05, 3.63) is 53.6 Å². The third-order valence-electron chi connectivity index (χ3n) is 3.77. The Morgan fingerprint density at radius 1 is 1.23 bits per heavy atom. The Morgan fingerprint density at radius 2 is 2.00 bits per heavy atom. The lowest BCUT2D eigenvalue weighted by Crippen LogP contribution is -2.03. The van der Waals surface area contributed by atoms with E-state index in [1.54, 1.807) is 30.0 Å². The SMILES string of the molecule is COc1ccc(-n2nnnc2SCCC(=O)c2cc(C)ccc2O)cc1. The van der Waals surface area contributed by atoms with E-state index in [0.717, 1.165) is 17.0 Å². The second kappa shape index (κ2) is 8.01. The summed E-state index contributed by atoms with van der Waals surface area (Å²) in [6.45, 7) is 1.88. The number of rotatable bonds is 7. The van der Waals surface area contributed by atoms with Gasteiger partial charge < -0.3 is 9.84 Å². The molecule has 0 amide bonds. The van der Waals surface area contributed by atoms with Gasteiger partial charge in [0.25, 0.3) is 0 Å². The van der Waals surface area contributed by atoms with E-state index in [4.69, 9.17) is 4.74 Å². The first-order chi connectivity index (χ1) is 12.6. The molecule has 26 heavy (non-hydrogen) atoms. The Hall–Kier alpha value is -2.87. The van der Waals surface area contributed by atoms with Gasteiger partial charge in [-0.05, 0) is 53.7 Å². The average Bonchev–Trinajstić information content (AvgIpc) is 3.12. The largest absolute Gasteiger partial charge is 0.507 e. The van der Waals surface area contributed by atoms with Crippen molar-refractivity contribution in [2.24, 2.45) is 0 Å². The van der Waals surface area contributed by atoms with Gasteiger partial charge in [-0.15, -0.1) is 5.10 Å². The first-order valence-electron chi connectivity index (χ1n) is 7.97. The minimum atomic E-state index is -0.109. The van der Waals surface area contributed by atoms with Crippen LogP contribution < -0.4 is 4.74 Å². The van der Waals surface area contributed by atoms with Gasteiger partial charge in [0.15, 0.2) is 5.78 Å². The van der Waals surface area contributed by atoms with E-state index >= 15 is 0 Å². The number of thioether (sulfide) groups is 1. The monoisotopic (exact) mass is 370 g/mol. The van der Waals surface area contributed by atoms with Gasteiger partial charge in [-0.2, -0.15) is 4.68 Å². The number of carbonyl (C=O) groups excluding carboxylic acids is 1. The van der Waals surface area contributed by atoms with Crippen molar-refractivity contribution in [2.45, 2.75) is 18.5 Å². The number of benzene rings is 2. The van der Waals surface area contributed by atoms with E-state index in [1.807, 2.05) is 31.2 Å². The van der Waals surface area contributed by atoms with Crippen LogP contribution in [0.5, 0.6) is 11.5 Å². The van der Waals surface area contributed by atoms with Gasteiger partial charge in [-0.25, -0.2) is 0 Å². The molecule has 1 heterocycles. The first kappa shape index (κ1) is 17.9. The summed E-state index contributed by atoms with van der Waals surface area (Å²) >= 11 is 1.38. The summed E-state index contributed by atoms with van der Waals surface area (Å²) in [7, 11) is 1.61. The highest BCUT2D eigenvalue weighted by Crippen LogP contribution is 2.24. The molecule has 0 atom stereocenters. The van der Waals surface area contributed by atoms with Crippen molar-refractivity contribution in [1.29, 1.82) is 0 Å². The summed E-state index contributed by atoms with van der Waals surface area (Å²) in [4.78, 5) is 12.3. The van der Waals surface area contributed by atoms with Gasteiger partial charge in [-0.1, -0.05) is 23.4 Å². The summed E-state index contributed by atoms with van der Waals surface area (Å²) in [6.07, 6.45) is 0.275. The normalized spacial score (nSPS) is 10.7. The van der Waals surface area contributed by atoms with Crippen LogP contribution >= 0.6 is 11.8 Å². The van der Waals surface area contributed by atoms with Gasteiger partial charge in [0.05, 0.1) is 18.4 Å². The molecule has 3 aromatic rings. The molecule has 0 radical (unpaired) electrons. The van der Waals surface area contributed by atoms with Crippen molar-refractivity contribution >= 4 is 17.5 Å². The molecular formula is C18H18N4O3S. The molecule has 0 saturated carbocycles. The van der Waals surface area contributed by atoms with Gasteiger partial charge in [0.2, 0.25) is 5.16 Å². The maximum Gasteiger partial charge on any atom is 0.214 e. The van der Waals surface area contributed by atoms with E-state index in [0.29, 0.717) is 16.5 Å². The molecule has 134 valence electrons. The number of Topliss-reactive ketones (excluding diaryl/α,β-unsaturated/α-hetero) is 1. The summed E-state index contributed by atoms with van der Waals surface area (Å²) in [6, 6.07) is 12.4. The third kappa shape index (κ3) is 4.02. The highest BCUT2D eigenvalue weighted by atomic mass is 32.2. The summed E-state index contributed by atoms with van der Waals surface area (Å²) in [5.74, 6) is 1.15. The van der Waals surface area contributed by atoms with Crippen molar-refractivity contribution in [3.8, 4) is 17.2 Å². The maximum atomic E-state index is 12.3. The summed E-state index contributed by atoms with van der Waals surface area (Å²) < 4.78 is 6.75. The van der Waals surface area contributed by atoms with E-state index in [1.165, 1.54) is 11.8 Å². The van der Waals surface area contributed by atoms with Crippen LogP contribution in [0.25, 0.3) is 5.69 Å². The molecule has 0 aliphatic heterocycles. The van der Waals surface area contributed by atoms with Gasteiger partial charge in [0.1, 0.15) is 11.5 Å². The molecular weight excluding hydrogens is 352 g/mol. The molecule has 0 bridgehead atoms. The van der Waals surface area contributed by atoms with Crippen molar-refractivity contribution < 1.29 is 14.6 Å².